The molecule has 1 saturated carbocycles. The summed E-state index contributed by atoms with van der Waals surface area (Å²) < 4.78 is 35.3. The van der Waals surface area contributed by atoms with Crippen LogP contribution < -0.4 is 11.1 Å². The second-order valence-electron chi connectivity index (χ2n) is 9.59. The molecule has 0 unspecified atom stereocenters. The van der Waals surface area contributed by atoms with Crippen LogP contribution in [0.4, 0.5) is 13.2 Å². The van der Waals surface area contributed by atoms with Gasteiger partial charge >= 0.3 is 6.68 Å². The molecule has 3 aromatic rings. The zero-order valence-electron chi connectivity index (χ0n) is 21.8. The first-order chi connectivity index (χ1) is 19.1. The number of alkyl halides is 3. The van der Waals surface area contributed by atoms with E-state index in [-0.39, 0.29) is 36.1 Å². The van der Waals surface area contributed by atoms with Crippen LogP contribution in [0.3, 0.4) is 0 Å². The Morgan fingerprint density at radius 2 is 1.85 bits per heavy atom. The number of rotatable bonds is 7. The Morgan fingerprint density at radius 3 is 2.50 bits per heavy atom. The van der Waals surface area contributed by atoms with Crippen molar-refractivity contribution in [3.63, 3.8) is 0 Å². The Balaban J connectivity index is 0.000000867. The van der Waals surface area contributed by atoms with Gasteiger partial charge in [-0.05, 0) is 55.5 Å². The van der Waals surface area contributed by atoms with Crippen molar-refractivity contribution in [1.29, 1.82) is 0 Å². The van der Waals surface area contributed by atoms with Gasteiger partial charge in [-0.25, -0.2) is 4.98 Å². The SMILES string of the molecule is C=C(CN1Cc2c(cccc2-c2nc3ccc(C(=O)NC4CCC(OC)CC4)cc3s2)C1=O)C(N)=O.FC(F)F. The fourth-order valence-corrected chi connectivity index (χ4v) is 5.98. The highest BCUT2D eigenvalue weighted by atomic mass is 32.1. The Labute approximate surface area is 233 Å². The number of nitrogens with zero attached hydrogens (tertiary/aromatic N) is 2. The topological polar surface area (TPSA) is 115 Å². The molecule has 1 aliphatic carbocycles. The van der Waals surface area contributed by atoms with E-state index in [1.807, 2.05) is 24.3 Å². The molecule has 0 saturated heterocycles. The standard InChI is InChI=1S/C27H28N4O4S.CHF3/c1-15(24(28)32)13-31-14-21-19(4-3-5-20(21)27(31)34)26-30-22-11-6-16(12-23(22)36-26)25(33)29-17-7-9-18(35-2)10-8-17;2-1(3)4/h3-6,11-12,17-18H,1,7-10,13-14H2,2H3,(H2,28,32)(H,29,33);1H. The van der Waals surface area contributed by atoms with Crippen LogP contribution in [-0.4, -0.2) is 60.1 Å². The highest BCUT2D eigenvalue weighted by Crippen LogP contribution is 2.37. The van der Waals surface area contributed by atoms with Gasteiger partial charge in [0.05, 0.1) is 22.9 Å². The zero-order chi connectivity index (χ0) is 29.0. The molecule has 2 heterocycles. The van der Waals surface area contributed by atoms with Crippen LogP contribution in [0.5, 0.6) is 0 Å². The molecule has 1 aromatic heterocycles. The lowest BCUT2D eigenvalue weighted by Gasteiger charge is -2.28. The molecule has 1 aliphatic heterocycles. The summed E-state index contributed by atoms with van der Waals surface area (Å²) in [7, 11) is 1.74. The van der Waals surface area contributed by atoms with Crippen molar-refractivity contribution in [3.05, 3.63) is 65.2 Å². The number of nitrogens with two attached hydrogens (primary N) is 1. The molecule has 40 heavy (non-hydrogen) atoms. The minimum atomic E-state index is -3.67. The molecular weight excluding hydrogens is 545 g/mol. The summed E-state index contributed by atoms with van der Waals surface area (Å²) in [6, 6.07) is 11.3. The van der Waals surface area contributed by atoms with Crippen LogP contribution in [0, 0.1) is 0 Å². The van der Waals surface area contributed by atoms with Crippen molar-refractivity contribution in [2.75, 3.05) is 13.7 Å². The van der Waals surface area contributed by atoms with Gasteiger partial charge in [0, 0.05) is 42.0 Å². The van der Waals surface area contributed by atoms with Crippen LogP contribution in [0.15, 0.2) is 48.6 Å². The summed E-state index contributed by atoms with van der Waals surface area (Å²) in [6.07, 6.45) is 4.03. The maximum Gasteiger partial charge on any atom is 0.379 e. The monoisotopic (exact) mass is 574 g/mol. The van der Waals surface area contributed by atoms with Gasteiger partial charge in [-0.3, -0.25) is 14.4 Å². The van der Waals surface area contributed by atoms with E-state index in [9.17, 15) is 27.6 Å². The number of methoxy groups -OCH3 is 1. The van der Waals surface area contributed by atoms with Crippen molar-refractivity contribution in [3.8, 4) is 10.6 Å². The van der Waals surface area contributed by atoms with Gasteiger partial charge in [0.1, 0.15) is 5.01 Å². The van der Waals surface area contributed by atoms with Crippen molar-refractivity contribution in [1.82, 2.24) is 15.2 Å². The van der Waals surface area contributed by atoms with Gasteiger partial charge in [-0.15, -0.1) is 11.3 Å². The minimum absolute atomic E-state index is 0.0794. The summed E-state index contributed by atoms with van der Waals surface area (Å²) in [5.74, 6) is -0.856. The highest BCUT2D eigenvalue weighted by Gasteiger charge is 2.31. The van der Waals surface area contributed by atoms with Crippen LogP contribution >= 0.6 is 11.3 Å². The average molecular weight is 575 g/mol. The zero-order valence-corrected chi connectivity index (χ0v) is 22.6. The van der Waals surface area contributed by atoms with Gasteiger partial charge in [0.15, 0.2) is 0 Å². The molecule has 0 radical (unpaired) electrons. The number of halogens is 3. The molecule has 0 spiro atoms. The number of carbonyl (C=O) groups excluding carboxylic acids is 3. The third-order valence-electron chi connectivity index (χ3n) is 7.00. The number of hydrogen-bond acceptors (Lipinski definition) is 6. The summed E-state index contributed by atoms with van der Waals surface area (Å²) in [5.41, 5.74) is 9.23. The molecule has 2 aliphatic rings. The highest BCUT2D eigenvalue weighted by molar-refractivity contribution is 7.21. The Hall–Kier alpha value is -3.77. The summed E-state index contributed by atoms with van der Waals surface area (Å²) in [4.78, 5) is 43.6. The van der Waals surface area contributed by atoms with E-state index >= 15 is 0 Å². The molecule has 8 nitrogen and oxygen atoms in total. The van der Waals surface area contributed by atoms with E-state index in [2.05, 4.69) is 11.9 Å². The molecule has 12 heteroatoms. The Morgan fingerprint density at radius 1 is 1.18 bits per heavy atom. The number of hydrogen-bond donors (Lipinski definition) is 2. The van der Waals surface area contributed by atoms with Gasteiger partial charge in [-0.1, -0.05) is 18.7 Å². The molecule has 2 aromatic carbocycles. The van der Waals surface area contributed by atoms with E-state index in [1.165, 1.54) is 11.3 Å². The lowest BCUT2D eigenvalue weighted by atomic mass is 9.93. The van der Waals surface area contributed by atoms with Crippen LogP contribution in [0.1, 0.15) is 52.0 Å². The second-order valence-corrected chi connectivity index (χ2v) is 10.6. The molecule has 5 rings (SSSR count). The fraction of sp³-hybridized carbons (Fsp3) is 0.357. The van der Waals surface area contributed by atoms with Gasteiger partial charge in [0.25, 0.3) is 11.8 Å². The van der Waals surface area contributed by atoms with Crippen molar-refractivity contribution in [2.45, 2.75) is 51.1 Å². The first kappa shape index (κ1) is 29.2. The van der Waals surface area contributed by atoms with Gasteiger partial charge in [-0.2, -0.15) is 13.2 Å². The number of aromatic nitrogens is 1. The molecule has 3 N–H and O–H groups in total. The van der Waals surface area contributed by atoms with Crippen LogP contribution in [0.2, 0.25) is 0 Å². The summed E-state index contributed by atoms with van der Waals surface area (Å²) in [5, 5.41) is 3.94. The number of benzene rings is 2. The number of carbonyl (C=O) groups is 3. The minimum Gasteiger partial charge on any atom is -0.381 e. The molecule has 212 valence electrons. The first-order valence-electron chi connectivity index (χ1n) is 12.6. The van der Waals surface area contributed by atoms with E-state index in [0.717, 1.165) is 52.0 Å². The maximum atomic E-state index is 12.9. The number of fused-ring (bicyclic) bond motifs is 2. The predicted octanol–water partition coefficient (Wildman–Crippen LogP) is 4.83. The van der Waals surface area contributed by atoms with Crippen molar-refractivity contribution >= 4 is 39.3 Å². The van der Waals surface area contributed by atoms with Gasteiger partial charge < -0.3 is 20.7 Å². The average Bonchev–Trinajstić information content (AvgIpc) is 3.49. The van der Waals surface area contributed by atoms with Crippen LogP contribution in [-0.2, 0) is 16.1 Å². The quantitative estimate of drug-likeness (QED) is 0.393. The largest absolute Gasteiger partial charge is 0.381 e. The number of ether oxygens (including phenoxy) is 1. The van der Waals surface area contributed by atoms with Crippen molar-refractivity contribution < 1.29 is 32.3 Å². The molecule has 0 bridgehead atoms. The van der Waals surface area contributed by atoms with E-state index in [4.69, 9.17) is 15.5 Å². The Bertz CT molecular complexity index is 1430. The lowest BCUT2D eigenvalue weighted by Crippen LogP contribution is -2.38. The molecule has 3 amide bonds. The maximum absolute atomic E-state index is 12.9. The molecule has 0 atom stereocenters. The summed E-state index contributed by atoms with van der Waals surface area (Å²) >= 11 is 1.49. The van der Waals surface area contributed by atoms with E-state index in [0.29, 0.717) is 17.7 Å². The first-order valence-corrected chi connectivity index (χ1v) is 13.4. The predicted molar refractivity (Wildman–Crippen MR) is 146 cm³/mol. The normalized spacial score (nSPS) is 18.3. The number of thiazole rings is 1. The smallest absolute Gasteiger partial charge is 0.379 e. The molecule has 1 fully saturated rings. The van der Waals surface area contributed by atoms with E-state index < -0.39 is 12.6 Å². The third-order valence-corrected chi connectivity index (χ3v) is 8.05. The number of nitrogens with one attached hydrogen (secondary N) is 1. The third kappa shape index (κ3) is 6.68. The second kappa shape index (κ2) is 12.6. The Kier molecular flexibility index (Phi) is 9.21. The molecular formula is C28H29F3N4O4S. The lowest BCUT2D eigenvalue weighted by molar-refractivity contribution is -0.114. The van der Waals surface area contributed by atoms with Crippen LogP contribution in [0.25, 0.3) is 20.8 Å². The summed E-state index contributed by atoms with van der Waals surface area (Å²) in [6.45, 7) is 0.451. The number of amides is 3. The van der Waals surface area contributed by atoms with E-state index in [1.54, 1.807) is 24.1 Å². The fourth-order valence-electron chi connectivity index (χ4n) is 4.92. The number of primary amides is 1. The van der Waals surface area contributed by atoms with Gasteiger partial charge in [0.2, 0.25) is 5.91 Å². The van der Waals surface area contributed by atoms with Crippen molar-refractivity contribution in [2.24, 2.45) is 5.73 Å².